The van der Waals surface area contributed by atoms with Gasteiger partial charge in [0.15, 0.2) is 5.65 Å². The van der Waals surface area contributed by atoms with E-state index >= 15 is 0 Å². The van der Waals surface area contributed by atoms with E-state index in [9.17, 15) is 0 Å². The van der Waals surface area contributed by atoms with Gasteiger partial charge in [0.1, 0.15) is 17.7 Å². The fourth-order valence-corrected chi connectivity index (χ4v) is 4.94. The molecule has 2 fully saturated rings. The van der Waals surface area contributed by atoms with Crippen molar-refractivity contribution >= 4 is 5.65 Å². The minimum absolute atomic E-state index is 0.0260. The SMILES string of the molecule is c1nc2cc(-c3ccc4c(c3)CC3(CCN(C5CCC5)CC3)O4)ccn2n1. The Bertz CT molecular complexity index is 998. The molecular weight excluding hydrogens is 336 g/mol. The van der Waals surface area contributed by atoms with Gasteiger partial charge in [0, 0.05) is 44.6 Å². The van der Waals surface area contributed by atoms with Crippen molar-refractivity contribution in [1.29, 1.82) is 0 Å². The molecule has 1 saturated carbocycles. The van der Waals surface area contributed by atoms with Crippen molar-refractivity contribution in [3.63, 3.8) is 0 Å². The van der Waals surface area contributed by atoms with E-state index in [0.29, 0.717) is 0 Å². The Kier molecular flexibility index (Phi) is 3.36. The van der Waals surface area contributed by atoms with Crippen LogP contribution >= 0.6 is 0 Å². The number of ether oxygens (including phenoxy) is 1. The fourth-order valence-electron chi connectivity index (χ4n) is 4.94. The summed E-state index contributed by atoms with van der Waals surface area (Å²) in [6.45, 7) is 2.38. The van der Waals surface area contributed by atoms with E-state index in [-0.39, 0.29) is 5.60 Å². The van der Waals surface area contributed by atoms with E-state index in [2.05, 4.69) is 45.3 Å². The zero-order chi connectivity index (χ0) is 17.8. The number of rotatable bonds is 2. The molecule has 4 heterocycles. The third-order valence-electron chi connectivity index (χ3n) is 6.81. The summed E-state index contributed by atoms with van der Waals surface area (Å²) in [6, 6.07) is 11.7. The molecule has 2 aromatic heterocycles. The molecule has 0 unspecified atom stereocenters. The number of pyridine rings is 1. The first kappa shape index (κ1) is 15.6. The average molecular weight is 360 g/mol. The summed E-state index contributed by atoms with van der Waals surface area (Å²) in [5.74, 6) is 1.08. The lowest BCUT2D eigenvalue weighted by Crippen LogP contribution is -2.52. The first-order chi connectivity index (χ1) is 13.3. The highest BCUT2D eigenvalue weighted by Gasteiger charge is 2.43. The van der Waals surface area contributed by atoms with Crippen molar-refractivity contribution < 1.29 is 4.74 Å². The van der Waals surface area contributed by atoms with Crippen molar-refractivity contribution in [2.45, 2.75) is 50.2 Å². The third kappa shape index (κ3) is 2.56. The zero-order valence-corrected chi connectivity index (χ0v) is 15.5. The molecule has 1 aromatic carbocycles. The van der Waals surface area contributed by atoms with Crippen LogP contribution in [0.5, 0.6) is 5.75 Å². The molecule has 3 aliphatic rings. The number of hydrogen-bond acceptors (Lipinski definition) is 4. The number of hydrogen-bond donors (Lipinski definition) is 0. The monoisotopic (exact) mass is 360 g/mol. The van der Waals surface area contributed by atoms with E-state index in [0.717, 1.165) is 36.7 Å². The average Bonchev–Trinajstić information content (AvgIpc) is 3.25. The maximum atomic E-state index is 6.51. The van der Waals surface area contributed by atoms with Crippen molar-refractivity contribution in [2.24, 2.45) is 0 Å². The molecule has 1 saturated heterocycles. The van der Waals surface area contributed by atoms with Gasteiger partial charge in [-0.2, -0.15) is 5.10 Å². The lowest BCUT2D eigenvalue weighted by Gasteiger charge is -2.45. The maximum absolute atomic E-state index is 6.51. The van der Waals surface area contributed by atoms with Crippen LogP contribution in [0.4, 0.5) is 0 Å². The van der Waals surface area contributed by atoms with Gasteiger partial charge in [-0.05, 0) is 53.8 Å². The maximum Gasteiger partial charge on any atom is 0.155 e. The molecule has 6 rings (SSSR count). The van der Waals surface area contributed by atoms with Crippen molar-refractivity contribution in [3.8, 4) is 16.9 Å². The number of nitrogens with zero attached hydrogens (tertiary/aromatic N) is 4. The summed E-state index contributed by atoms with van der Waals surface area (Å²) in [6.07, 6.45) is 11.1. The summed E-state index contributed by atoms with van der Waals surface area (Å²) < 4.78 is 8.31. The normalized spacial score (nSPS) is 21.9. The highest BCUT2D eigenvalue weighted by atomic mass is 16.5. The second-order valence-electron chi connectivity index (χ2n) is 8.38. The molecule has 0 atom stereocenters. The van der Waals surface area contributed by atoms with Crippen LogP contribution in [-0.2, 0) is 6.42 Å². The van der Waals surface area contributed by atoms with Gasteiger partial charge in [-0.3, -0.25) is 0 Å². The Morgan fingerprint density at radius 1 is 1.04 bits per heavy atom. The van der Waals surface area contributed by atoms with Gasteiger partial charge >= 0.3 is 0 Å². The number of piperidine rings is 1. The Balaban J connectivity index is 1.24. The molecule has 2 aliphatic heterocycles. The van der Waals surface area contributed by atoms with Gasteiger partial charge in [-0.25, -0.2) is 9.50 Å². The van der Waals surface area contributed by atoms with Crippen molar-refractivity contribution in [3.05, 3.63) is 48.4 Å². The predicted octanol–water partition coefficient (Wildman–Crippen LogP) is 3.72. The van der Waals surface area contributed by atoms with Gasteiger partial charge in [0.05, 0.1) is 0 Å². The summed E-state index contributed by atoms with van der Waals surface area (Å²) >= 11 is 0. The third-order valence-corrected chi connectivity index (χ3v) is 6.81. The molecule has 5 heteroatoms. The fraction of sp³-hybridized carbons (Fsp3) is 0.455. The standard InChI is InChI=1S/C22H24N4O/c1-2-19(3-1)25-10-7-22(8-11-25)14-18-12-16(4-5-20(18)27-22)17-6-9-26-21(13-17)23-15-24-26/h4-6,9,12-13,15,19H,1-3,7-8,10-11,14H2. The summed E-state index contributed by atoms with van der Waals surface area (Å²) in [4.78, 5) is 7.00. The first-order valence-electron chi connectivity index (χ1n) is 10.1. The van der Waals surface area contributed by atoms with Crippen LogP contribution in [0.1, 0.15) is 37.7 Å². The van der Waals surface area contributed by atoms with Crippen molar-refractivity contribution in [2.75, 3.05) is 13.1 Å². The van der Waals surface area contributed by atoms with Gasteiger partial charge in [-0.15, -0.1) is 0 Å². The van der Waals surface area contributed by atoms with E-state index in [4.69, 9.17) is 4.74 Å². The van der Waals surface area contributed by atoms with E-state index in [1.54, 1.807) is 10.8 Å². The lowest BCUT2D eigenvalue weighted by molar-refractivity contribution is -0.00746. The second-order valence-corrected chi connectivity index (χ2v) is 8.38. The Hall–Kier alpha value is -2.40. The molecule has 0 amide bonds. The molecule has 0 N–H and O–H groups in total. The molecule has 27 heavy (non-hydrogen) atoms. The molecule has 5 nitrogen and oxygen atoms in total. The van der Waals surface area contributed by atoms with E-state index < -0.39 is 0 Å². The zero-order valence-electron chi connectivity index (χ0n) is 15.5. The van der Waals surface area contributed by atoms with Crippen LogP contribution in [0.15, 0.2) is 42.9 Å². The number of likely N-dealkylation sites (tertiary alicyclic amines) is 1. The minimum Gasteiger partial charge on any atom is -0.487 e. The van der Waals surface area contributed by atoms with Crippen LogP contribution in [0, 0.1) is 0 Å². The lowest BCUT2D eigenvalue weighted by atomic mass is 9.83. The largest absolute Gasteiger partial charge is 0.487 e. The number of fused-ring (bicyclic) bond motifs is 2. The summed E-state index contributed by atoms with van der Waals surface area (Å²) in [7, 11) is 0. The molecule has 138 valence electrons. The van der Waals surface area contributed by atoms with Gasteiger partial charge in [-0.1, -0.05) is 12.5 Å². The van der Waals surface area contributed by atoms with E-state index in [1.807, 2.05) is 6.20 Å². The Labute approximate surface area is 159 Å². The van der Waals surface area contributed by atoms with Crippen molar-refractivity contribution in [1.82, 2.24) is 19.5 Å². The number of benzene rings is 1. The van der Waals surface area contributed by atoms with Crippen LogP contribution in [0.25, 0.3) is 16.8 Å². The Morgan fingerprint density at radius 3 is 2.70 bits per heavy atom. The smallest absolute Gasteiger partial charge is 0.155 e. The number of aromatic nitrogens is 3. The molecule has 0 bridgehead atoms. The van der Waals surface area contributed by atoms with Crippen LogP contribution in [-0.4, -0.2) is 44.2 Å². The predicted molar refractivity (Wildman–Crippen MR) is 104 cm³/mol. The van der Waals surface area contributed by atoms with E-state index in [1.165, 1.54) is 49.0 Å². The molecule has 1 aliphatic carbocycles. The van der Waals surface area contributed by atoms with Gasteiger partial charge in [0.2, 0.25) is 0 Å². The molecule has 0 radical (unpaired) electrons. The molecule has 3 aromatic rings. The topological polar surface area (TPSA) is 42.7 Å². The quantitative estimate of drug-likeness (QED) is 0.699. The highest BCUT2D eigenvalue weighted by molar-refractivity contribution is 5.69. The van der Waals surface area contributed by atoms with Gasteiger partial charge in [0.25, 0.3) is 0 Å². The summed E-state index contributed by atoms with van der Waals surface area (Å²) in [5.41, 5.74) is 4.67. The molecule has 1 spiro atoms. The van der Waals surface area contributed by atoms with Crippen LogP contribution in [0.3, 0.4) is 0 Å². The first-order valence-corrected chi connectivity index (χ1v) is 10.1. The van der Waals surface area contributed by atoms with Gasteiger partial charge < -0.3 is 9.64 Å². The Morgan fingerprint density at radius 2 is 1.89 bits per heavy atom. The minimum atomic E-state index is 0.0260. The van der Waals surface area contributed by atoms with Crippen LogP contribution < -0.4 is 4.74 Å². The van der Waals surface area contributed by atoms with Crippen LogP contribution in [0.2, 0.25) is 0 Å². The summed E-state index contributed by atoms with van der Waals surface area (Å²) in [5, 5.41) is 4.18. The molecular formula is C22H24N4O. The second kappa shape index (κ2) is 5.80. The highest BCUT2D eigenvalue weighted by Crippen LogP contribution is 2.43.